The molecule has 20 heavy (non-hydrogen) atoms. The Labute approximate surface area is 123 Å². The first-order chi connectivity index (χ1) is 9.81. The van der Waals surface area contributed by atoms with Gasteiger partial charge in [0.25, 0.3) is 0 Å². The minimum absolute atomic E-state index is 0.188. The summed E-state index contributed by atoms with van der Waals surface area (Å²) < 4.78 is 13.1. The lowest BCUT2D eigenvalue weighted by Gasteiger charge is -2.22. The van der Waals surface area contributed by atoms with Crippen molar-refractivity contribution in [2.75, 3.05) is 18.4 Å². The molecule has 3 rings (SSSR count). The molecule has 0 radical (unpaired) electrons. The quantitative estimate of drug-likeness (QED) is 0.830. The van der Waals surface area contributed by atoms with Gasteiger partial charge in [-0.15, -0.1) is 0 Å². The van der Waals surface area contributed by atoms with Gasteiger partial charge < -0.3 is 5.32 Å². The summed E-state index contributed by atoms with van der Waals surface area (Å²) in [5, 5.41) is 7.65. The number of thiophene rings is 1. The van der Waals surface area contributed by atoms with Crippen molar-refractivity contribution in [3.05, 3.63) is 52.5 Å². The maximum absolute atomic E-state index is 13.1. The normalized spacial score (nSPS) is 14.7. The lowest BCUT2D eigenvalue weighted by Crippen LogP contribution is -2.30. The van der Waals surface area contributed by atoms with Gasteiger partial charge in [0.15, 0.2) is 0 Å². The van der Waals surface area contributed by atoms with Gasteiger partial charge in [-0.1, -0.05) is 6.07 Å². The van der Waals surface area contributed by atoms with Crippen LogP contribution in [-0.2, 0) is 6.54 Å². The summed E-state index contributed by atoms with van der Waals surface area (Å²) in [4.78, 5) is 2.52. The van der Waals surface area contributed by atoms with E-state index in [1.807, 2.05) is 6.07 Å². The number of anilines is 1. The Morgan fingerprint density at radius 3 is 2.90 bits per heavy atom. The predicted molar refractivity (Wildman–Crippen MR) is 82.6 cm³/mol. The number of hydrogen-bond acceptors (Lipinski definition) is 3. The summed E-state index contributed by atoms with van der Waals surface area (Å²) in [5.74, 6) is -0.188. The fourth-order valence-electron chi connectivity index (χ4n) is 2.39. The van der Waals surface area contributed by atoms with Crippen molar-refractivity contribution in [3.63, 3.8) is 0 Å². The van der Waals surface area contributed by atoms with Gasteiger partial charge in [-0.2, -0.15) is 11.3 Å². The zero-order valence-electron chi connectivity index (χ0n) is 11.4. The molecule has 1 N–H and O–H groups in total. The third kappa shape index (κ3) is 3.81. The van der Waals surface area contributed by atoms with Gasteiger partial charge in [-0.05, 0) is 53.4 Å². The van der Waals surface area contributed by atoms with Crippen LogP contribution >= 0.6 is 11.3 Å². The van der Waals surface area contributed by atoms with Crippen molar-refractivity contribution in [3.8, 4) is 0 Å². The Balaban J connectivity index is 1.50. The van der Waals surface area contributed by atoms with E-state index in [0.717, 1.165) is 31.4 Å². The molecule has 0 spiro atoms. The third-order valence-electron chi connectivity index (χ3n) is 3.58. The molecule has 0 amide bonds. The Morgan fingerprint density at radius 2 is 2.20 bits per heavy atom. The monoisotopic (exact) mass is 290 g/mol. The second kappa shape index (κ2) is 6.37. The van der Waals surface area contributed by atoms with E-state index in [9.17, 15) is 4.39 Å². The lowest BCUT2D eigenvalue weighted by molar-refractivity contribution is 0.265. The summed E-state index contributed by atoms with van der Waals surface area (Å²) in [6, 6.07) is 9.59. The minimum Gasteiger partial charge on any atom is -0.384 e. The van der Waals surface area contributed by atoms with Gasteiger partial charge in [-0.25, -0.2) is 4.39 Å². The number of halogens is 1. The third-order valence-corrected chi connectivity index (χ3v) is 4.31. The fourth-order valence-corrected chi connectivity index (χ4v) is 3.05. The van der Waals surface area contributed by atoms with Gasteiger partial charge in [0.05, 0.1) is 0 Å². The molecule has 0 saturated heterocycles. The second-order valence-corrected chi connectivity index (χ2v) is 6.05. The molecule has 4 heteroatoms. The van der Waals surface area contributed by atoms with Crippen LogP contribution in [0.4, 0.5) is 10.1 Å². The summed E-state index contributed by atoms with van der Waals surface area (Å²) in [6.07, 6.45) is 2.62. The summed E-state index contributed by atoms with van der Waals surface area (Å²) in [7, 11) is 0. The van der Waals surface area contributed by atoms with Crippen LogP contribution in [0.3, 0.4) is 0 Å². The van der Waals surface area contributed by atoms with Crippen molar-refractivity contribution < 1.29 is 4.39 Å². The van der Waals surface area contributed by atoms with Crippen LogP contribution in [0.25, 0.3) is 0 Å². The van der Waals surface area contributed by atoms with Gasteiger partial charge >= 0.3 is 0 Å². The van der Waals surface area contributed by atoms with Crippen molar-refractivity contribution in [2.24, 2.45) is 0 Å². The van der Waals surface area contributed by atoms with Gasteiger partial charge in [0.2, 0.25) is 0 Å². The molecule has 0 unspecified atom stereocenters. The summed E-state index contributed by atoms with van der Waals surface area (Å²) >= 11 is 1.75. The Kier molecular flexibility index (Phi) is 4.33. The molecule has 1 aliphatic carbocycles. The van der Waals surface area contributed by atoms with Crippen LogP contribution in [0.2, 0.25) is 0 Å². The zero-order valence-corrected chi connectivity index (χ0v) is 12.2. The summed E-state index contributed by atoms with van der Waals surface area (Å²) in [6.45, 7) is 2.88. The first kappa shape index (κ1) is 13.6. The smallest absolute Gasteiger partial charge is 0.125 e. The van der Waals surface area contributed by atoms with Crippen LogP contribution in [0.15, 0.2) is 41.1 Å². The largest absolute Gasteiger partial charge is 0.384 e. The molecular weight excluding hydrogens is 271 g/mol. The molecule has 106 valence electrons. The average Bonchev–Trinajstić information content (AvgIpc) is 3.16. The lowest BCUT2D eigenvalue weighted by atomic mass is 10.3. The Bertz CT molecular complexity index is 537. The maximum Gasteiger partial charge on any atom is 0.125 e. The van der Waals surface area contributed by atoms with Crippen LogP contribution in [0.1, 0.15) is 18.4 Å². The van der Waals surface area contributed by atoms with E-state index in [-0.39, 0.29) is 5.82 Å². The molecule has 0 aliphatic heterocycles. The van der Waals surface area contributed by atoms with E-state index in [4.69, 9.17) is 0 Å². The summed E-state index contributed by atoms with van der Waals surface area (Å²) in [5.41, 5.74) is 2.25. The highest BCUT2D eigenvalue weighted by molar-refractivity contribution is 7.07. The number of benzene rings is 1. The molecular formula is C16H19FN2S. The highest BCUT2D eigenvalue weighted by atomic mass is 32.1. The van der Waals surface area contributed by atoms with E-state index in [1.54, 1.807) is 23.5 Å². The topological polar surface area (TPSA) is 15.3 Å². The van der Waals surface area contributed by atoms with E-state index in [0.29, 0.717) is 0 Å². The Hall–Kier alpha value is -1.39. The molecule has 0 bridgehead atoms. The molecule has 1 aromatic carbocycles. The van der Waals surface area contributed by atoms with Crippen LogP contribution in [0.5, 0.6) is 0 Å². The fraction of sp³-hybridized carbons (Fsp3) is 0.375. The first-order valence-corrected chi connectivity index (χ1v) is 8.00. The molecule has 1 aromatic heterocycles. The zero-order chi connectivity index (χ0) is 13.8. The van der Waals surface area contributed by atoms with Crippen molar-refractivity contribution in [1.82, 2.24) is 4.90 Å². The van der Waals surface area contributed by atoms with Crippen molar-refractivity contribution >= 4 is 17.0 Å². The van der Waals surface area contributed by atoms with E-state index >= 15 is 0 Å². The second-order valence-electron chi connectivity index (χ2n) is 5.27. The van der Waals surface area contributed by atoms with Crippen LogP contribution in [-0.4, -0.2) is 24.0 Å². The number of nitrogens with zero attached hydrogens (tertiary/aromatic N) is 1. The highest BCUT2D eigenvalue weighted by Gasteiger charge is 2.28. The van der Waals surface area contributed by atoms with E-state index in [2.05, 4.69) is 27.0 Å². The van der Waals surface area contributed by atoms with Gasteiger partial charge in [-0.3, -0.25) is 4.90 Å². The number of hydrogen-bond donors (Lipinski definition) is 1. The van der Waals surface area contributed by atoms with Crippen LogP contribution in [0, 0.1) is 5.82 Å². The molecule has 1 fully saturated rings. The SMILES string of the molecule is Fc1cccc(NCCN(Cc2ccsc2)C2CC2)c1. The van der Waals surface area contributed by atoms with E-state index in [1.165, 1.54) is 24.5 Å². The van der Waals surface area contributed by atoms with Gasteiger partial charge in [0, 0.05) is 31.4 Å². The Morgan fingerprint density at radius 1 is 1.30 bits per heavy atom. The van der Waals surface area contributed by atoms with Crippen LogP contribution < -0.4 is 5.32 Å². The molecule has 1 heterocycles. The molecule has 2 nitrogen and oxygen atoms in total. The molecule has 0 atom stereocenters. The molecule has 1 aliphatic rings. The first-order valence-electron chi connectivity index (χ1n) is 7.06. The number of nitrogens with one attached hydrogen (secondary N) is 1. The van der Waals surface area contributed by atoms with Crippen molar-refractivity contribution in [1.29, 1.82) is 0 Å². The average molecular weight is 290 g/mol. The predicted octanol–water partition coefficient (Wildman–Crippen LogP) is 3.96. The van der Waals surface area contributed by atoms with Crippen molar-refractivity contribution in [2.45, 2.75) is 25.4 Å². The number of rotatable bonds is 7. The maximum atomic E-state index is 13.1. The van der Waals surface area contributed by atoms with E-state index < -0.39 is 0 Å². The highest BCUT2D eigenvalue weighted by Crippen LogP contribution is 2.28. The minimum atomic E-state index is -0.188. The molecule has 1 saturated carbocycles. The standard InChI is InChI=1S/C16H19FN2S/c17-14-2-1-3-15(10-14)18-7-8-19(16-4-5-16)11-13-6-9-20-12-13/h1-3,6,9-10,12,16,18H,4-5,7-8,11H2. The van der Waals surface area contributed by atoms with Gasteiger partial charge in [0.1, 0.15) is 5.82 Å². The molecule has 2 aromatic rings.